The first kappa shape index (κ1) is 13.6. The second-order valence-electron chi connectivity index (χ2n) is 4.47. The van der Waals surface area contributed by atoms with Crippen molar-refractivity contribution in [3.63, 3.8) is 0 Å². The number of nitrogens with zero attached hydrogens (tertiary/aromatic N) is 4. The molecule has 2 aromatic heterocycles. The fourth-order valence-corrected chi connectivity index (χ4v) is 2.74. The first-order valence-corrected chi connectivity index (χ1v) is 7.13. The van der Waals surface area contributed by atoms with Gasteiger partial charge in [-0.25, -0.2) is 0 Å². The van der Waals surface area contributed by atoms with E-state index < -0.39 is 0 Å². The molecule has 0 aliphatic carbocycles. The van der Waals surface area contributed by atoms with Crippen molar-refractivity contribution in [3.05, 3.63) is 39.1 Å². The largest absolute Gasteiger partial charge is 0.331 e. The Balaban J connectivity index is 1.99. The van der Waals surface area contributed by atoms with E-state index >= 15 is 0 Å². The Kier molecular flexibility index (Phi) is 3.54. The lowest BCUT2D eigenvalue weighted by molar-refractivity contribution is 0.656. The highest BCUT2D eigenvalue weighted by atomic mass is 35.5. The quantitative estimate of drug-likeness (QED) is 0.750. The smallest absolute Gasteiger partial charge is 0.178 e. The fourth-order valence-electron chi connectivity index (χ4n) is 2.12. The first-order chi connectivity index (χ1) is 9.56. The number of nitrogens with one attached hydrogen (secondary N) is 1. The van der Waals surface area contributed by atoms with Crippen LogP contribution in [0.1, 0.15) is 5.82 Å². The minimum Gasteiger partial charge on any atom is -0.331 e. The molecule has 0 radical (unpaired) electrons. The molecule has 0 saturated carbocycles. The minimum atomic E-state index is 0.510. The highest BCUT2D eigenvalue weighted by Gasteiger charge is 2.09. The molecule has 3 aromatic rings. The van der Waals surface area contributed by atoms with Gasteiger partial charge in [0.05, 0.1) is 21.1 Å². The van der Waals surface area contributed by atoms with Gasteiger partial charge in [0.15, 0.2) is 4.77 Å². The lowest BCUT2D eigenvalue weighted by Gasteiger charge is -2.05. The predicted molar refractivity (Wildman–Crippen MR) is 81.8 cm³/mol. The lowest BCUT2D eigenvalue weighted by atomic mass is 10.3. The number of benzene rings is 1. The highest BCUT2D eigenvalue weighted by molar-refractivity contribution is 7.71. The van der Waals surface area contributed by atoms with Gasteiger partial charge in [0, 0.05) is 20.0 Å². The van der Waals surface area contributed by atoms with Gasteiger partial charge in [-0.3, -0.25) is 0 Å². The van der Waals surface area contributed by atoms with Crippen LogP contribution in [-0.4, -0.2) is 24.3 Å². The lowest BCUT2D eigenvalue weighted by Crippen LogP contribution is -2.05. The zero-order valence-corrected chi connectivity index (χ0v) is 12.9. The number of halogens is 2. The summed E-state index contributed by atoms with van der Waals surface area (Å²) in [4.78, 5) is 3.13. The molecule has 0 atom stereocenters. The second-order valence-corrected chi connectivity index (χ2v) is 5.67. The average molecular weight is 328 g/mol. The van der Waals surface area contributed by atoms with Gasteiger partial charge < -0.3 is 14.1 Å². The van der Waals surface area contributed by atoms with Gasteiger partial charge in [-0.1, -0.05) is 23.2 Å². The minimum absolute atomic E-state index is 0.510. The van der Waals surface area contributed by atoms with Crippen molar-refractivity contribution in [2.24, 2.45) is 7.05 Å². The molecular weight excluding hydrogens is 317 g/mol. The standard InChI is InChI=1S/C12H11Cl2N5S/c1-18-6-15-17-11(18)2-3-19-10-5-8(14)7(13)4-9(10)16-12(19)20/h4-6H,2-3H2,1H3,(H,16,20). The van der Waals surface area contributed by atoms with E-state index in [0.717, 1.165) is 23.3 Å². The summed E-state index contributed by atoms with van der Waals surface area (Å²) in [6.07, 6.45) is 2.42. The zero-order valence-electron chi connectivity index (χ0n) is 10.6. The molecule has 0 fully saturated rings. The van der Waals surface area contributed by atoms with Gasteiger partial charge in [0.2, 0.25) is 0 Å². The molecule has 20 heavy (non-hydrogen) atoms. The van der Waals surface area contributed by atoms with Crippen molar-refractivity contribution in [1.29, 1.82) is 0 Å². The molecule has 3 rings (SSSR count). The Bertz CT molecular complexity index is 832. The van der Waals surface area contributed by atoms with Crippen LogP contribution in [0.25, 0.3) is 11.0 Å². The number of hydrogen-bond acceptors (Lipinski definition) is 3. The van der Waals surface area contributed by atoms with E-state index in [4.69, 9.17) is 35.4 Å². The number of fused-ring (bicyclic) bond motifs is 1. The van der Waals surface area contributed by atoms with Gasteiger partial charge in [-0.15, -0.1) is 10.2 Å². The molecule has 0 aliphatic heterocycles. The van der Waals surface area contributed by atoms with Crippen molar-refractivity contribution < 1.29 is 0 Å². The summed E-state index contributed by atoms with van der Waals surface area (Å²) in [7, 11) is 1.92. The number of aryl methyl sites for hydroxylation is 3. The summed E-state index contributed by atoms with van der Waals surface area (Å²) in [6.45, 7) is 0.698. The van der Waals surface area contributed by atoms with Crippen LogP contribution in [0.5, 0.6) is 0 Å². The van der Waals surface area contributed by atoms with Crippen LogP contribution < -0.4 is 0 Å². The Hall–Kier alpha value is -1.37. The monoisotopic (exact) mass is 327 g/mol. The summed E-state index contributed by atoms with van der Waals surface area (Å²) >= 11 is 17.4. The molecule has 0 bridgehead atoms. The molecular formula is C12H11Cl2N5S. The maximum Gasteiger partial charge on any atom is 0.178 e. The molecule has 104 valence electrons. The third-order valence-electron chi connectivity index (χ3n) is 3.18. The van der Waals surface area contributed by atoms with Crippen molar-refractivity contribution in [3.8, 4) is 0 Å². The number of hydrogen-bond donors (Lipinski definition) is 1. The zero-order chi connectivity index (χ0) is 14.3. The van der Waals surface area contributed by atoms with Gasteiger partial charge in [0.25, 0.3) is 0 Å². The van der Waals surface area contributed by atoms with Crippen molar-refractivity contribution >= 4 is 46.5 Å². The molecule has 2 heterocycles. The Morgan fingerprint density at radius 3 is 2.75 bits per heavy atom. The summed E-state index contributed by atoms with van der Waals surface area (Å²) in [5.41, 5.74) is 1.81. The van der Waals surface area contributed by atoms with Crippen molar-refractivity contribution in [2.75, 3.05) is 0 Å². The molecule has 8 heteroatoms. The van der Waals surface area contributed by atoms with Crippen molar-refractivity contribution in [1.82, 2.24) is 24.3 Å². The van der Waals surface area contributed by atoms with Crippen LogP contribution in [0.15, 0.2) is 18.5 Å². The number of rotatable bonds is 3. The predicted octanol–water partition coefficient (Wildman–Crippen LogP) is 3.38. The number of aromatic nitrogens is 5. The summed E-state index contributed by atoms with van der Waals surface area (Å²) in [5.74, 6) is 0.904. The first-order valence-electron chi connectivity index (χ1n) is 5.96. The Morgan fingerprint density at radius 1 is 1.30 bits per heavy atom. The number of H-pyrrole nitrogens is 1. The Labute approximate surface area is 130 Å². The molecule has 1 N–H and O–H groups in total. The highest BCUT2D eigenvalue weighted by Crippen LogP contribution is 2.27. The molecule has 0 saturated heterocycles. The summed E-state index contributed by atoms with van der Waals surface area (Å²) < 4.78 is 4.52. The van der Waals surface area contributed by atoms with Crippen LogP contribution in [0.4, 0.5) is 0 Å². The molecule has 1 aromatic carbocycles. The maximum atomic E-state index is 6.07. The van der Waals surface area contributed by atoms with Crippen LogP contribution in [0.2, 0.25) is 10.0 Å². The van der Waals surface area contributed by atoms with E-state index in [1.54, 1.807) is 12.4 Å². The van der Waals surface area contributed by atoms with Gasteiger partial charge in [-0.05, 0) is 24.4 Å². The second kappa shape index (κ2) is 5.20. The number of imidazole rings is 1. The molecule has 5 nitrogen and oxygen atoms in total. The third-order valence-corrected chi connectivity index (χ3v) is 4.22. The molecule has 0 aliphatic rings. The third kappa shape index (κ3) is 2.34. The SMILES string of the molecule is Cn1cnnc1CCn1c(=S)[nH]c2cc(Cl)c(Cl)cc21. The van der Waals surface area contributed by atoms with E-state index in [1.165, 1.54) is 0 Å². The maximum absolute atomic E-state index is 6.07. The van der Waals surface area contributed by atoms with E-state index in [9.17, 15) is 0 Å². The summed E-state index contributed by atoms with van der Waals surface area (Å²) in [6, 6.07) is 3.61. The molecule has 0 spiro atoms. The van der Waals surface area contributed by atoms with E-state index in [1.807, 2.05) is 22.2 Å². The van der Waals surface area contributed by atoms with E-state index in [2.05, 4.69) is 15.2 Å². The fraction of sp³-hybridized carbons (Fsp3) is 0.250. The summed E-state index contributed by atoms with van der Waals surface area (Å²) in [5, 5.41) is 8.95. The normalized spacial score (nSPS) is 11.3. The molecule has 0 unspecified atom stereocenters. The van der Waals surface area contributed by atoms with E-state index in [0.29, 0.717) is 21.4 Å². The van der Waals surface area contributed by atoms with Crippen LogP contribution in [-0.2, 0) is 20.0 Å². The molecule has 0 amide bonds. The van der Waals surface area contributed by atoms with Gasteiger partial charge in [-0.2, -0.15) is 0 Å². The van der Waals surface area contributed by atoms with Crippen LogP contribution >= 0.6 is 35.4 Å². The number of aromatic amines is 1. The van der Waals surface area contributed by atoms with Gasteiger partial charge >= 0.3 is 0 Å². The van der Waals surface area contributed by atoms with Crippen LogP contribution in [0, 0.1) is 4.77 Å². The van der Waals surface area contributed by atoms with Crippen molar-refractivity contribution in [2.45, 2.75) is 13.0 Å². The van der Waals surface area contributed by atoms with E-state index in [-0.39, 0.29) is 0 Å². The Morgan fingerprint density at radius 2 is 2.05 bits per heavy atom. The topological polar surface area (TPSA) is 51.4 Å². The van der Waals surface area contributed by atoms with Gasteiger partial charge in [0.1, 0.15) is 12.2 Å². The average Bonchev–Trinajstić information content (AvgIpc) is 2.92. The van der Waals surface area contributed by atoms with Crippen LogP contribution in [0.3, 0.4) is 0 Å².